The van der Waals surface area contributed by atoms with Crippen molar-refractivity contribution in [2.75, 3.05) is 12.3 Å². The van der Waals surface area contributed by atoms with Gasteiger partial charge < -0.3 is 5.73 Å². The molecule has 4 nitrogen and oxygen atoms in total. The predicted molar refractivity (Wildman–Crippen MR) is 74.9 cm³/mol. The van der Waals surface area contributed by atoms with Crippen LogP contribution < -0.4 is 10.5 Å². The summed E-state index contributed by atoms with van der Waals surface area (Å²) in [4.78, 5) is 0.264. The minimum absolute atomic E-state index is 0.264. The zero-order chi connectivity index (χ0) is 13.8. The van der Waals surface area contributed by atoms with Crippen LogP contribution in [0.3, 0.4) is 0 Å². The summed E-state index contributed by atoms with van der Waals surface area (Å²) >= 11 is 0. The zero-order valence-electron chi connectivity index (χ0n) is 11.0. The lowest BCUT2D eigenvalue weighted by molar-refractivity contribution is 0.581. The summed E-state index contributed by atoms with van der Waals surface area (Å²) in [6.07, 6.45) is 4.49. The molecule has 0 saturated carbocycles. The van der Waals surface area contributed by atoms with Crippen LogP contribution in [-0.4, -0.2) is 15.0 Å². The molecule has 1 rings (SSSR count). The van der Waals surface area contributed by atoms with Gasteiger partial charge in [-0.05, 0) is 50.5 Å². The van der Waals surface area contributed by atoms with Crippen molar-refractivity contribution in [3.63, 3.8) is 0 Å². The van der Waals surface area contributed by atoms with Crippen LogP contribution >= 0.6 is 0 Å². The second kappa shape index (κ2) is 6.02. The normalized spacial score (nSPS) is 12.2. The number of anilines is 1. The average molecular weight is 268 g/mol. The Morgan fingerprint density at radius 1 is 1.33 bits per heavy atom. The first-order chi connectivity index (χ1) is 8.38. The average Bonchev–Trinajstić information content (AvgIpc) is 2.29. The maximum atomic E-state index is 12.1. The number of benzene rings is 1. The molecule has 1 aromatic rings. The van der Waals surface area contributed by atoms with Crippen LogP contribution in [0.4, 0.5) is 5.69 Å². The first-order valence-electron chi connectivity index (χ1n) is 5.86. The first kappa shape index (κ1) is 14.7. The maximum absolute atomic E-state index is 12.1. The fraction of sp³-hybridized carbons (Fsp3) is 0.385. The van der Waals surface area contributed by atoms with E-state index in [-0.39, 0.29) is 4.90 Å². The molecule has 0 aliphatic rings. The molecule has 18 heavy (non-hydrogen) atoms. The van der Waals surface area contributed by atoms with Crippen LogP contribution in [0.5, 0.6) is 0 Å². The van der Waals surface area contributed by atoms with E-state index in [2.05, 4.69) is 4.72 Å². The predicted octanol–water partition coefficient (Wildman–Crippen LogP) is 2.13. The highest BCUT2D eigenvalue weighted by Crippen LogP contribution is 2.22. The third-order valence-electron chi connectivity index (χ3n) is 2.77. The van der Waals surface area contributed by atoms with Gasteiger partial charge in [0, 0.05) is 12.2 Å². The van der Waals surface area contributed by atoms with Crippen molar-refractivity contribution in [1.29, 1.82) is 0 Å². The molecule has 5 heteroatoms. The van der Waals surface area contributed by atoms with Gasteiger partial charge in [0.05, 0.1) is 4.90 Å². The second-order valence-electron chi connectivity index (χ2n) is 4.22. The maximum Gasteiger partial charge on any atom is 0.240 e. The van der Waals surface area contributed by atoms with E-state index in [0.717, 1.165) is 11.1 Å². The molecule has 0 aliphatic heterocycles. The molecule has 0 bridgehead atoms. The van der Waals surface area contributed by atoms with Crippen molar-refractivity contribution in [2.24, 2.45) is 0 Å². The van der Waals surface area contributed by atoms with Gasteiger partial charge in [0.15, 0.2) is 0 Å². The van der Waals surface area contributed by atoms with Crippen LogP contribution in [0, 0.1) is 13.8 Å². The zero-order valence-corrected chi connectivity index (χ0v) is 11.8. The molecule has 0 atom stereocenters. The summed E-state index contributed by atoms with van der Waals surface area (Å²) in [6, 6.07) is 3.27. The Kier molecular flexibility index (Phi) is 4.93. The largest absolute Gasteiger partial charge is 0.399 e. The summed E-state index contributed by atoms with van der Waals surface area (Å²) in [5.74, 6) is 0. The standard InChI is InChI=1S/C13H20N2O2S/c1-4-5-6-7-15-18(16,17)13-9-12(14)8-10(2)11(13)3/h4-5,8-9,15H,6-7,14H2,1-3H3/b5-4+. The molecule has 0 saturated heterocycles. The highest BCUT2D eigenvalue weighted by atomic mass is 32.2. The molecule has 0 fully saturated rings. The molecule has 0 heterocycles. The van der Waals surface area contributed by atoms with Crippen molar-refractivity contribution in [1.82, 2.24) is 4.72 Å². The lowest BCUT2D eigenvalue weighted by Crippen LogP contribution is -2.25. The van der Waals surface area contributed by atoms with Crippen LogP contribution in [0.1, 0.15) is 24.5 Å². The highest BCUT2D eigenvalue weighted by molar-refractivity contribution is 7.89. The van der Waals surface area contributed by atoms with E-state index in [4.69, 9.17) is 5.73 Å². The topological polar surface area (TPSA) is 72.2 Å². The molecule has 0 amide bonds. The summed E-state index contributed by atoms with van der Waals surface area (Å²) < 4.78 is 26.8. The van der Waals surface area contributed by atoms with Gasteiger partial charge in [-0.2, -0.15) is 0 Å². The summed E-state index contributed by atoms with van der Waals surface area (Å²) in [5.41, 5.74) is 7.78. The van der Waals surface area contributed by atoms with Gasteiger partial charge in [-0.25, -0.2) is 13.1 Å². The monoisotopic (exact) mass is 268 g/mol. The Balaban J connectivity index is 2.98. The first-order valence-corrected chi connectivity index (χ1v) is 7.34. The van der Waals surface area contributed by atoms with Crippen LogP contribution in [-0.2, 0) is 10.0 Å². The molecular formula is C13H20N2O2S. The number of nitrogens with two attached hydrogens (primary N) is 1. The summed E-state index contributed by atoms with van der Waals surface area (Å²) in [6.45, 7) is 5.93. The van der Waals surface area contributed by atoms with Gasteiger partial charge in [-0.1, -0.05) is 12.2 Å². The minimum Gasteiger partial charge on any atom is -0.399 e. The van der Waals surface area contributed by atoms with Gasteiger partial charge in [-0.3, -0.25) is 0 Å². The van der Waals surface area contributed by atoms with Gasteiger partial charge in [0.2, 0.25) is 10.0 Å². The minimum atomic E-state index is -3.48. The number of aryl methyl sites for hydroxylation is 1. The third kappa shape index (κ3) is 3.58. The van der Waals surface area contributed by atoms with Gasteiger partial charge in [0.25, 0.3) is 0 Å². The fourth-order valence-electron chi connectivity index (χ4n) is 1.65. The number of hydrogen-bond donors (Lipinski definition) is 2. The Morgan fingerprint density at radius 2 is 2.00 bits per heavy atom. The van der Waals surface area contributed by atoms with E-state index in [9.17, 15) is 8.42 Å². The molecule has 0 aliphatic carbocycles. The van der Waals surface area contributed by atoms with E-state index < -0.39 is 10.0 Å². The molecule has 100 valence electrons. The second-order valence-corrected chi connectivity index (χ2v) is 5.95. The SMILES string of the molecule is C/C=C/CCNS(=O)(=O)c1cc(N)cc(C)c1C. The molecule has 1 aromatic carbocycles. The van der Waals surface area contributed by atoms with E-state index in [1.165, 1.54) is 6.07 Å². The van der Waals surface area contributed by atoms with Crippen molar-refractivity contribution in [2.45, 2.75) is 32.1 Å². The highest BCUT2D eigenvalue weighted by Gasteiger charge is 2.17. The fourth-order valence-corrected chi connectivity index (χ4v) is 3.05. The summed E-state index contributed by atoms with van der Waals surface area (Å²) in [7, 11) is -3.48. The van der Waals surface area contributed by atoms with Crippen LogP contribution in [0.2, 0.25) is 0 Å². The van der Waals surface area contributed by atoms with Gasteiger partial charge in [-0.15, -0.1) is 0 Å². The quantitative estimate of drug-likeness (QED) is 0.488. The van der Waals surface area contributed by atoms with Gasteiger partial charge >= 0.3 is 0 Å². The van der Waals surface area contributed by atoms with Crippen molar-refractivity contribution >= 4 is 15.7 Å². The number of nitrogens with one attached hydrogen (secondary N) is 1. The van der Waals surface area contributed by atoms with E-state index in [1.54, 1.807) is 13.0 Å². The van der Waals surface area contributed by atoms with Crippen molar-refractivity contribution < 1.29 is 8.42 Å². The van der Waals surface area contributed by atoms with Gasteiger partial charge in [0.1, 0.15) is 0 Å². The number of nitrogen functional groups attached to an aromatic ring is 1. The third-order valence-corrected chi connectivity index (χ3v) is 4.36. The molecule has 0 aromatic heterocycles. The lowest BCUT2D eigenvalue weighted by atomic mass is 10.1. The Morgan fingerprint density at radius 3 is 2.61 bits per heavy atom. The van der Waals surface area contributed by atoms with E-state index >= 15 is 0 Å². The van der Waals surface area contributed by atoms with E-state index in [1.807, 2.05) is 26.0 Å². The molecular weight excluding hydrogens is 248 g/mol. The Labute approximate surface area is 109 Å². The summed E-state index contributed by atoms with van der Waals surface area (Å²) in [5, 5.41) is 0. The number of hydrogen-bond acceptors (Lipinski definition) is 3. The molecule has 3 N–H and O–H groups in total. The van der Waals surface area contributed by atoms with Crippen molar-refractivity contribution in [3.05, 3.63) is 35.4 Å². The molecule has 0 spiro atoms. The number of allylic oxidation sites excluding steroid dienone is 1. The Bertz CT molecular complexity index is 548. The number of sulfonamides is 1. The van der Waals surface area contributed by atoms with Crippen LogP contribution in [0.15, 0.2) is 29.2 Å². The van der Waals surface area contributed by atoms with Crippen LogP contribution in [0.25, 0.3) is 0 Å². The molecule has 0 radical (unpaired) electrons. The van der Waals surface area contributed by atoms with E-state index in [0.29, 0.717) is 18.7 Å². The Hall–Kier alpha value is -1.33. The number of rotatable bonds is 5. The lowest BCUT2D eigenvalue weighted by Gasteiger charge is -2.11. The van der Waals surface area contributed by atoms with Crippen molar-refractivity contribution in [3.8, 4) is 0 Å². The molecule has 0 unspecified atom stereocenters. The smallest absolute Gasteiger partial charge is 0.240 e.